The van der Waals surface area contributed by atoms with E-state index in [9.17, 15) is 14.7 Å². The van der Waals surface area contributed by atoms with Gasteiger partial charge in [0.1, 0.15) is 5.69 Å². The zero-order valence-corrected chi connectivity index (χ0v) is 20.5. The minimum absolute atomic E-state index is 0.0272. The lowest BCUT2D eigenvalue weighted by atomic mass is 9.51. The van der Waals surface area contributed by atoms with Gasteiger partial charge in [-0.25, -0.2) is 4.98 Å². The quantitative estimate of drug-likeness (QED) is 0.725. The third kappa shape index (κ3) is 4.79. The Kier molecular flexibility index (Phi) is 7.08. The van der Waals surface area contributed by atoms with Crippen molar-refractivity contribution >= 4 is 11.8 Å². The second kappa shape index (κ2) is 9.69. The second-order valence-electron chi connectivity index (χ2n) is 11.2. The third-order valence-electron chi connectivity index (χ3n) is 9.13. The monoisotopic (exact) mass is 456 g/mol. The molecule has 1 aliphatic heterocycles. The maximum absolute atomic E-state index is 13.3. The van der Waals surface area contributed by atoms with Crippen molar-refractivity contribution in [1.82, 2.24) is 20.2 Å². The van der Waals surface area contributed by atoms with Gasteiger partial charge in [0.25, 0.3) is 5.91 Å². The summed E-state index contributed by atoms with van der Waals surface area (Å²) in [5.74, 6) is 0.613. The van der Waals surface area contributed by atoms with Crippen molar-refractivity contribution < 1.29 is 14.7 Å². The molecule has 2 amide bonds. The summed E-state index contributed by atoms with van der Waals surface area (Å²) >= 11 is 0. The molecular weight excluding hydrogens is 416 g/mol. The summed E-state index contributed by atoms with van der Waals surface area (Å²) < 4.78 is 0. The maximum atomic E-state index is 13.3. The minimum Gasteiger partial charge on any atom is -0.392 e. The van der Waals surface area contributed by atoms with Crippen LogP contribution in [0.5, 0.6) is 0 Å². The molecule has 2 heterocycles. The fraction of sp³-hybridized carbons (Fsp3) is 0.769. The normalized spacial score (nSPS) is 36.0. The fourth-order valence-corrected chi connectivity index (χ4v) is 6.86. The first kappa shape index (κ1) is 24.1. The Morgan fingerprint density at radius 3 is 2.52 bits per heavy atom. The Morgan fingerprint density at radius 1 is 1.15 bits per heavy atom. The standard InChI is InChI=1S/C26H40N4O3/c1-16-7-13-30(14-8-16)25(33)17(2)19-5-9-26(4)10-6-20(18(3)22(26)23(19)31)29-24(32)21-15-27-11-12-28-21/h11-12,15-20,22-23,31H,5-10,13-14H2,1-4H3,(H,29,32)/t17-,18-,19+,20-,22+,23-,26+/m0/s1. The van der Waals surface area contributed by atoms with Crippen molar-refractivity contribution in [2.24, 2.45) is 35.0 Å². The topological polar surface area (TPSA) is 95.4 Å². The summed E-state index contributed by atoms with van der Waals surface area (Å²) in [6, 6.07) is -0.0272. The van der Waals surface area contributed by atoms with E-state index in [4.69, 9.17) is 0 Å². The van der Waals surface area contributed by atoms with E-state index in [0.29, 0.717) is 11.6 Å². The van der Waals surface area contributed by atoms with Crippen molar-refractivity contribution in [2.45, 2.75) is 78.4 Å². The molecule has 0 radical (unpaired) electrons. The molecule has 1 aromatic rings. The van der Waals surface area contributed by atoms with Crippen LogP contribution in [0, 0.1) is 35.0 Å². The Bertz CT molecular complexity index is 841. The lowest BCUT2D eigenvalue weighted by Gasteiger charge is -2.56. The average molecular weight is 457 g/mol. The Morgan fingerprint density at radius 2 is 1.85 bits per heavy atom. The molecule has 2 aliphatic carbocycles. The molecule has 7 atom stereocenters. The fourth-order valence-electron chi connectivity index (χ4n) is 6.86. The van der Waals surface area contributed by atoms with Crippen LogP contribution in [0.2, 0.25) is 0 Å². The Labute approximate surface area is 197 Å². The van der Waals surface area contributed by atoms with Crippen LogP contribution in [-0.2, 0) is 4.79 Å². The van der Waals surface area contributed by atoms with E-state index in [-0.39, 0.29) is 46.9 Å². The van der Waals surface area contributed by atoms with E-state index >= 15 is 0 Å². The molecule has 3 aliphatic rings. The molecular formula is C26H40N4O3. The zero-order chi connectivity index (χ0) is 23.8. The number of nitrogens with one attached hydrogen (secondary N) is 1. The van der Waals surface area contributed by atoms with Gasteiger partial charge in [-0.1, -0.05) is 27.7 Å². The van der Waals surface area contributed by atoms with Gasteiger partial charge in [0.05, 0.1) is 12.3 Å². The van der Waals surface area contributed by atoms with Gasteiger partial charge in [0, 0.05) is 37.4 Å². The molecule has 33 heavy (non-hydrogen) atoms. The predicted molar refractivity (Wildman–Crippen MR) is 126 cm³/mol. The summed E-state index contributed by atoms with van der Waals surface area (Å²) in [7, 11) is 0. The predicted octanol–water partition coefficient (Wildman–Crippen LogP) is 3.29. The summed E-state index contributed by atoms with van der Waals surface area (Å²) in [4.78, 5) is 36.1. The summed E-state index contributed by atoms with van der Waals surface area (Å²) in [5.41, 5.74) is 0.349. The number of aromatic nitrogens is 2. The highest BCUT2D eigenvalue weighted by molar-refractivity contribution is 5.92. The van der Waals surface area contributed by atoms with Gasteiger partial charge in [0.15, 0.2) is 0 Å². The SMILES string of the molecule is CC1CCN(C(=O)[C@@H](C)[C@H]2CC[C@]3(C)CC[C@H](NC(=O)c4cnccn4)[C@H](C)[C@@H]3[C@H]2O)CC1. The number of piperidine rings is 1. The Hall–Kier alpha value is -2.02. The molecule has 1 aromatic heterocycles. The van der Waals surface area contributed by atoms with Crippen LogP contribution in [0.3, 0.4) is 0 Å². The van der Waals surface area contributed by atoms with E-state index in [2.05, 4.69) is 36.1 Å². The van der Waals surface area contributed by atoms with Crippen LogP contribution in [-0.4, -0.2) is 57.0 Å². The van der Waals surface area contributed by atoms with E-state index < -0.39 is 6.10 Å². The van der Waals surface area contributed by atoms with Crippen LogP contribution < -0.4 is 5.32 Å². The molecule has 0 spiro atoms. The van der Waals surface area contributed by atoms with Crippen molar-refractivity contribution in [3.05, 3.63) is 24.3 Å². The van der Waals surface area contributed by atoms with Crippen molar-refractivity contribution in [1.29, 1.82) is 0 Å². The van der Waals surface area contributed by atoms with Gasteiger partial charge in [-0.15, -0.1) is 0 Å². The average Bonchev–Trinajstić information content (AvgIpc) is 2.81. The highest BCUT2D eigenvalue weighted by Gasteiger charge is 2.54. The number of rotatable bonds is 4. The number of hydrogen-bond donors (Lipinski definition) is 2. The lowest BCUT2D eigenvalue weighted by molar-refractivity contribution is -0.151. The zero-order valence-electron chi connectivity index (χ0n) is 20.5. The summed E-state index contributed by atoms with van der Waals surface area (Å²) in [6.45, 7) is 10.4. The number of amides is 2. The first-order chi connectivity index (χ1) is 15.7. The summed E-state index contributed by atoms with van der Waals surface area (Å²) in [5, 5.41) is 14.8. The molecule has 182 valence electrons. The largest absolute Gasteiger partial charge is 0.392 e. The number of fused-ring (bicyclic) bond motifs is 1. The second-order valence-corrected chi connectivity index (χ2v) is 11.2. The van der Waals surface area contributed by atoms with Gasteiger partial charge in [-0.05, 0) is 67.6 Å². The van der Waals surface area contributed by atoms with Gasteiger partial charge in [-0.3, -0.25) is 14.6 Å². The van der Waals surface area contributed by atoms with E-state index in [1.54, 1.807) is 6.20 Å². The molecule has 2 N–H and O–H groups in total. The lowest BCUT2D eigenvalue weighted by Crippen LogP contribution is -2.58. The molecule has 4 rings (SSSR count). The van der Waals surface area contributed by atoms with Crippen LogP contribution in [0.4, 0.5) is 0 Å². The number of nitrogens with zero attached hydrogens (tertiary/aromatic N) is 3. The minimum atomic E-state index is -0.544. The number of aliphatic hydroxyl groups is 1. The highest BCUT2D eigenvalue weighted by Crippen LogP contribution is 2.55. The van der Waals surface area contributed by atoms with E-state index in [0.717, 1.165) is 51.6 Å². The van der Waals surface area contributed by atoms with Crippen LogP contribution >= 0.6 is 0 Å². The van der Waals surface area contributed by atoms with Crippen LogP contribution in [0.25, 0.3) is 0 Å². The molecule has 1 saturated heterocycles. The molecule has 3 fully saturated rings. The van der Waals surface area contributed by atoms with Gasteiger partial charge < -0.3 is 15.3 Å². The molecule has 7 nitrogen and oxygen atoms in total. The number of aliphatic hydroxyl groups excluding tert-OH is 1. The summed E-state index contributed by atoms with van der Waals surface area (Å²) in [6.07, 6.45) is 9.89. The maximum Gasteiger partial charge on any atom is 0.271 e. The molecule has 0 bridgehead atoms. The van der Waals surface area contributed by atoms with Crippen LogP contribution in [0.1, 0.15) is 76.7 Å². The first-order valence-corrected chi connectivity index (χ1v) is 12.7. The number of carbonyl (C=O) groups excluding carboxylic acids is 2. The van der Waals surface area contributed by atoms with Gasteiger partial charge >= 0.3 is 0 Å². The number of likely N-dealkylation sites (tertiary alicyclic amines) is 1. The van der Waals surface area contributed by atoms with E-state index in [1.807, 2.05) is 11.8 Å². The number of hydrogen-bond acceptors (Lipinski definition) is 5. The smallest absolute Gasteiger partial charge is 0.271 e. The third-order valence-corrected chi connectivity index (χ3v) is 9.13. The van der Waals surface area contributed by atoms with Crippen molar-refractivity contribution in [3.8, 4) is 0 Å². The van der Waals surface area contributed by atoms with Crippen LogP contribution in [0.15, 0.2) is 18.6 Å². The molecule has 0 aromatic carbocycles. The van der Waals surface area contributed by atoms with E-state index in [1.165, 1.54) is 12.4 Å². The molecule has 0 unspecified atom stereocenters. The Balaban J connectivity index is 1.45. The van der Waals surface area contributed by atoms with Gasteiger partial charge in [-0.2, -0.15) is 0 Å². The number of carbonyl (C=O) groups is 2. The highest BCUT2D eigenvalue weighted by atomic mass is 16.3. The van der Waals surface area contributed by atoms with Crippen molar-refractivity contribution in [3.63, 3.8) is 0 Å². The molecule has 7 heteroatoms. The van der Waals surface area contributed by atoms with Crippen molar-refractivity contribution in [2.75, 3.05) is 13.1 Å². The van der Waals surface area contributed by atoms with Gasteiger partial charge in [0.2, 0.25) is 5.91 Å². The molecule has 2 saturated carbocycles. The first-order valence-electron chi connectivity index (χ1n) is 12.7.